The third-order valence-corrected chi connectivity index (χ3v) is 7.53. The van der Waals surface area contributed by atoms with Crippen molar-refractivity contribution >= 4 is 15.8 Å². The Kier molecular flexibility index (Phi) is 7.08. The molecule has 0 aliphatic rings. The molecule has 0 aliphatic carbocycles. The molecule has 3 aromatic carbocycles. The van der Waals surface area contributed by atoms with Gasteiger partial charge in [-0.05, 0) is 42.8 Å². The zero-order valence-electron chi connectivity index (χ0n) is 19.4. The van der Waals surface area contributed by atoms with Crippen molar-refractivity contribution in [3.8, 4) is 17.0 Å². The van der Waals surface area contributed by atoms with Crippen LogP contribution in [0.2, 0.25) is 0 Å². The number of hydrogen-bond acceptors (Lipinski definition) is 5. The smallest absolute Gasteiger partial charge is 0.480 e. The number of ether oxygens (including phenoxy) is 1. The molecule has 0 amide bonds. The van der Waals surface area contributed by atoms with E-state index in [0.717, 1.165) is 29.8 Å². The molecule has 0 fully saturated rings. The fourth-order valence-corrected chi connectivity index (χ4v) is 5.45. The predicted molar refractivity (Wildman–Crippen MR) is 128 cm³/mol. The van der Waals surface area contributed by atoms with Crippen LogP contribution in [0.15, 0.2) is 88.7 Å². The van der Waals surface area contributed by atoms with Gasteiger partial charge in [-0.1, -0.05) is 48.5 Å². The zero-order chi connectivity index (χ0) is 26.8. The number of alkyl halides is 3. The Balaban J connectivity index is 1.76. The normalized spacial score (nSPS) is 11.9. The fraction of sp³-hybridized carbons (Fsp3) is 0.154. The lowest BCUT2D eigenvalue weighted by atomic mass is 9.99. The molecule has 0 spiro atoms. The highest BCUT2D eigenvalue weighted by Crippen LogP contribution is 2.32. The topological polar surface area (TPSA) is 98.5 Å². The summed E-state index contributed by atoms with van der Waals surface area (Å²) in [6, 6.07) is 19.4. The van der Waals surface area contributed by atoms with E-state index >= 15 is 0 Å². The summed E-state index contributed by atoms with van der Waals surface area (Å²) >= 11 is 0. The summed E-state index contributed by atoms with van der Waals surface area (Å²) in [5.74, 6) is -1.61. The van der Waals surface area contributed by atoms with Crippen molar-refractivity contribution in [2.75, 3.05) is 0 Å². The zero-order valence-corrected chi connectivity index (χ0v) is 20.3. The Labute approximate surface area is 210 Å². The Hall–Kier alpha value is -4.12. The monoisotopic (exact) mass is 530 g/mol. The van der Waals surface area contributed by atoms with Crippen LogP contribution in [-0.4, -0.2) is 35.6 Å². The maximum Gasteiger partial charge on any atom is 0.573 e. The number of nitrogens with zero attached hydrogens (tertiary/aromatic N) is 2. The molecule has 37 heavy (non-hydrogen) atoms. The van der Waals surface area contributed by atoms with Crippen LogP contribution in [0.1, 0.15) is 16.8 Å². The van der Waals surface area contributed by atoms with E-state index in [2.05, 4.69) is 9.84 Å². The van der Waals surface area contributed by atoms with Gasteiger partial charge in [0.05, 0.1) is 15.5 Å². The van der Waals surface area contributed by atoms with E-state index in [1.807, 2.05) is 30.3 Å². The molecule has 7 nitrogen and oxygen atoms in total. The van der Waals surface area contributed by atoms with Crippen LogP contribution in [0.3, 0.4) is 0 Å². The molecule has 0 unspecified atom stereocenters. The number of carbonyl (C=O) groups is 1. The number of carboxylic acid groups (broad SMARTS) is 1. The summed E-state index contributed by atoms with van der Waals surface area (Å²) in [5, 5.41) is 13.8. The highest BCUT2D eigenvalue weighted by atomic mass is 32.2. The van der Waals surface area contributed by atoms with Gasteiger partial charge in [-0.2, -0.15) is 5.10 Å². The minimum absolute atomic E-state index is 0.0242. The number of benzene rings is 3. The van der Waals surface area contributed by atoms with E-state index in [-0.39, 0.29) is 22.8 Å². The lowest BCUT2D eigenvalue weighted by molar-refractivity contribution is -0.274. The molecule has 4 rings (SSSR count). The third kappa shape index (κ3) is 5.83. The first-order valence-electron chi connectivity index (χ1n) is 11.0. The predicted octanol–water partition coefficient (Wildman–Crippen LogP) is 5.27. The number of rotatable bonds is 8. The minimum Gasteiger partial charge on any atom is -0.480 e. The number of aromatic nitrogens is 2. The Morgan fingerprint density at radius 1 is 0.973 bits per heavy atom. The van der Waals surface area contributed by atoms with Gasteiger partial charge in [0.25, 0.3) is 0 Å². The molecule has 0 atom stereocenters. The van der Waals surface area contributed by atoms with Crippen molar-refractivity contribution in [3.05, 3.63) is 95.7 Å². The van der Waals surface area contributed by atoms with Crippen LogP contribution < -0.4 is 4.74 Å². The van der Waals surface area contributed by atoms with Crippen LogP contribution in [0.25, 0.3) is 11.3 Å². The molecule has 0 saturated carbocycles. The molecular formula is C26H21F3N2O5S. The number of hydrogen-bond donors (Lipinski definition) is 1. The second kappa shape index (κ2) is 10.1. The standard InChI is InChI=1S/C26H21F3N2O5S/c1-17-22(25(18-7-3-2-4-8-18)30-31(17)16-24(32)33)15-19-9-5-6-10-23(19)37(34,35)21-13-11-20(12-14-21)36-26(27,28)29/h2-14H,15-16H2,1H3,(H,32,33). The first kappa shape index (κ1) is 26.0. The van der Waals surface area contributed by atoms with Gasteiger partial charge in [0.2, 0.25) is 9.84 Å². The minimum atomic E-state index is -4.90. The van der Waals surface area contributed by atoms with E-state index < -0.39 is 27.9 Å². The number of halogens is 3. The Bertz CT molecular complexity index is 1530. The molecule has 0 radical (unpaired) electrons. The first-order valence-corrected chi connectivity index (χ1v) is 12.5. The van der Waals surface area contributed by atoms with E-state index in [1.54, 1.807) is 25.1 Å². The first-order chi connectivity index (χ1) is 17.5. The lowest BCUT2D eigenvalue weighted by Crippen LogP contribution is -2.17. The van der Waals surface area contributed by atoms with Crippen molar-refractivity contribution in [1.82, 2.24) is 9.78 Å². The summed E-state index contributed by atoms with van der Waals surface area (Å²) in [6.45, 7) is 1.35. The maximum absolute atomic E-state index is 13.5. The van der Waals surface area contributed by atoms with Gasteiger partial charge in [-0.3, -0.25) is 9.48 Å². The van der Waals surface area contributed by atoms with Gasteiger partial charge in [0, 0.05) is 23.2 Å². The van der Waals surface area contributed by atoms with E-state index in [4.69, 9.17) is 0 Å². The lowest BCUT2D eigenvalue weighted by Gasteiger charge is -2.13. The molecule has 11 heteroatoms. The van der Waals surface area contributed by atoms with Crippen molar-refractivity contribution in [3.63, 3.8) is 0 Å². The van der Waals surface area contributed by atoms with Crippen LogP contribution >= 0.6 is 0 Å². The summed E-state index contributed by atoms with van der Waals surface area (Å²) in [5.41, 5.74) is 2.92. The molecule has 4 aromatic rings. The highest BCUT2D eigenvalue weighted by Gasteiger charge is 2.31. The molecule has 0 aliphatic heterocycles. The van der Waals surface area contributed by atoms with Crippen LogP contribution in [0, 0.1) is 6.92 Å². The van der Waals surface area contributed by atoms with Gasteiger partial charge in [0.1, 0.15) is 12.3 Å². The summed E-state index contributed by atoms with van der Waals surface area (Å²) < 4.78 is 69.6. The van der Waals surface area contributed by atoms with E-state index in [9.17, 15) is 31.5 Å². The Morgan fingerprint density at radius 2 is 1.59 bits per heavy atom. The quantitative estimate of drug-likeness (QED) is 0.334. The fourth-order valence-electron chi connectivity index (χ4n) is 3.95. The summed E-state index contributed by atoms with van der Waals surface area (Å²) in [4.78, 5) is 11.1. The Morgan fingerprint density at radius 3 is 2.22 bits per heavy atom. The molecule has 1 N–H and O–H groups in total. The SMILES string of the molecule is Cc1c(Cc2ccccc2S(=O)(=O)c2ccc(OC(F)(F)F)cc2)c(-c2ccccc2)nn1CC(=O)O. The molecule has 0 bridgehead atoms. The highest BCUT2D eigenvalue weighted by molar-refractivity contribution is 7.91. The average molecular weight is 531 g/mol. The van der Waals surface area contributed by atoms with Crippen LogP contribution in [-0.2, 0) is 27.6 Å². The van der Waals surface area contributed by atoms with Gasteiger partial charge in [0.15, 0.2) is 0 Å². The van der Waals surface area contributed by atoms with Gasteiger partial charge in [-0.25, -0.2) is 8.42 Å². The second-order valence-electron chi connectivity index (χ2n) is 8.14. The summed E-state index contributed by atoms with van der Waals surface area (Å²) in [6.07, 6.45) is -4.77. The number of carboxylic acids is 1. The van der Waals surface area contributed by atoms with Crippen molar-refractivity contribution in [1.29, 1.82) is 0 Å². The second-order valence-corrected chi connectivity index (χ2v) is 10.1. The van der Waals surface area contributed by atoms with Crippen LogP contribution in [0.4, 0.5) is 13.2 Å². The molecule has 192 valence electrons. The van der Waals surface area contributed by atoms with Gasteiger partial charge in [-0.15, -0.1) is 13.2 Å². The molecule has 1 heterocycles. The van der Waals surface area contributed by atoms with Gasteiger partial charge < -0.3 is 9.84 Å². The molecule has 0 saturated heterocycles. The summed E-state index contributed by atoms with van der Waals surface area (Å²) in [7, 11) is -4.11. The number of sulfone groups is 1. The maximum atomic E-state index is 13.5. The molecular weight excluding hydrogens is 509 g/mol. The van der Waals surface area contributed by atoms with Gasteiger partial charge >= 0.3 is 12.3 Å². The van der Waals surface area contributed by atoms with E-state index in [0.29, 0.717) is 22.5 Å². The molecule has 1 aromatic heterocycles. The van der Waals surface area contributed by atoms with Crippen molar-refractivity contribution < 1.29 is 36.2 Å². The largest absolute Gasteiger partial charge is 0.573 e. The third-order valence-electron chi connectivity index (χ3n) is 5.66. The average Bonchev–Trinajstić information content (AvgIpc) is 3.13. The number of aliphatic carboxylic acids is 1. The van der Waals surface area contributed by atoms with Crippen molar-refractivity contribution in [2.24, 2.45) is 0 Å². The van der Waals surface area contributed by atoms with Crippen molar-refractivity contribution in [2.45, 2.75) is 36.0 Å². The van der Waals surface area contributed by atoms with Crippen LogP contribution in [0.5, 0.6) is 5.75 Å². The van der Waals surface area contributed by atoms with E-state index in [1.165, 1.54) is 10.7 Å².